The standard InChI is InChI=1S/C7H12O/c1-4-5-2-6(4)7(8)3-5/h4-8H,2-3H2,1H3/t4-,5+,6+,7+/m0/s1. The summed E-state index contributed by atoms with van der Waals surface area (Å²) in [6.07, 6.45) is 2.46. The molecule has 0 aliphatic heterocycles. The number of rotatable bonds is 0. The third kappa shape index (κ3) is 0.368. The molecule has 4 atom stereocenters. The normalized spacial score (nSPS) is 60.8. The minimum atomic E-state index is 0.0648. The average Bonchev–Trinajstić information content (AvgIpc) is 2.19. The zero-order chi connectivity index (χ0) is 5.72. The highest BCUT2D eigenvalue weighted by Crippen LogP contribution is 2.52. The van der Waals surface area contributed by atoms with Crippen LogP contribution in [-0.2, 0) is 0 Å². The fraction of sp³-hybridized carbons (Fsp3) is 1.00. The largest absolute Gasteiger partial charge is 0.393 e. The van der Waals surface area contributed by atoms with Crippen LogP contribution in [-0.4, -0.2) is 11.2 Å². The Morgan fingerprint density at radius 3 is 2.25 bits per heavy atom. The van der Waals surface area contributed by atoms with E-state index in [2.05, 4.69) is 6.92 Å². The van der Waals surface area contributed by atoms with Crippen molar-refractivity contribution >= 4 is 0 Å². The minimum Gasteiger partial charge on any atom is -0.393 e. The van der Waals surface area contributed by atoms with Gasteiger partial charge in [-0.3, -0.25) is 0 Å². The Morgan fingerprint density at radius 2 is 2.12 bits per heavy atom. The van der Waals surface area contributed by atoms with Gasteiger partial charge >= 0.3 is 0 Å². The third-order valence-electron chi connectivity index (χ3n) is 3.03. The van der Waals surface area contributed by atoms with Crippen molar-refractivity contribution in [3.05, 3.63) is 0 Å². The molecule has 8 heavy (non-hydrogen) atoms. The second-order valence-corrected chi connectivity index (χ2v) is 3.32. The number of aliphatic hydroxyl groups is 1. The lowest BCUT2D eigenvalue weighted by molar-refractivity contribution is 0.0900. The van der Waals surface area contributed by atoms with Gasteiger partial charge in [-0.15, -0.1) is 0 Å². The predicted molar refractivity (Wildman–Crippen MR) is 31.4 cm³/mol. The van der Waals surface area contributed by atoms with Gasteiger partial charge in [0.2, 0.25) is 0 Å². The van der Waals surface area contributed by atoms with Crippen LogP contribution < -0.4 is 0 Å². The molecule has 0 amide bonds. The van der Waals surface area contributed by atoms with E-state index in [1.807, 2.05) is 0 Å². The number of fused-ring (bicyclic) bond motifs is 1. The Balaban J connectivity index is 2.13. The number of aliphatic hydroxyl groups excluding tert-OH is 1. The monoisotopic (exact) mass is 112 g/mol. The van der Waals surface area contributed by atoms with Gasteiger partial charge in [0, 0.05) is 0 Å². The predicted octanol–water partition coefficient (Wildman–Crippen LogP) is 1.02. The molecular weight excluding hydrogens is 100 g/mol. The highest BCUT2D eigenvalue weighted by atomic mass is 16.3. The van der Waals surface area contributed by atoms with E-state index in [0.717, 1.165) is 18.3 Å². The molecule has 3 rings (SSSR count). The van der Waals surface area contributed by atoms with Gasteiger partial charge in [-0.2, -0.15) is 0 Å². The molecule has 1 N–H and O–H groups in total. The van der Waals surface area contributed by atoms with Gasteiger partial charge in [-0.25, -0.2) is 0 Å². The Bertz CT molecular complexity index is 107. The summed E-state index contributed by atoms with van der Waals surface area (Å²) in [4.78, 5) is 0. The molecule has 2 bridgehead atoms. The van der Waals surface area contributed by atoms with Crippen LogP contribution in [0.4, 0.5) is 0 Å². The molecule has 1 nitrogen and oxygen atoms in total. The molecule has 0 radical (unpaired) electrons. The fourth-order valence-corrected chi connectivity index (χ4v) is 2.24. The molecule has 0 aromatic rings. The van der Waals surface area contributed by atoms with Crippen LogP contribution in [0.15, 0.2) is 0 Å². The second-order valence-electron chi connectivity index (χ2n) is 3.32. The van der Waals surface area contributed by atoms with Crippen molar-refractivity contribution in [1.82, 2.24) is 0 Å². The first-order valence-electron chi connectivity index (χ1n) is 3.47. The zero-order valence-electron chi connectivity index (χ0n) is 5.17. The highest BCUT2D eigenvalue weighted by Gasteiger charge is 2.49. The fourth-order valence-electron chi connectivity index (χ4n) is 2.24. The second kappa shape index (κ2) is 1.27. The molecule has 0 spiro atoms. The van der Waals surface area contributed by atoms with Gasteiger partial charge in [0.1, 0.15) is 0 Å². The lowest BCUT2D eigenvalue weighted by atomic mass is 9.73. The van der Waals surface area contributed by atoms with Gasteiger partial charge in [0.25, 0.3) is 0 Å². The van der Waals surface area contributed by atoms with Crippen LogP contribution in [0.5, 0.6) is 0 Å². The molecule has 3 aliphatic carbocycles. The quantitative estimate of drug-likeness (QED) is 0.496. The first-order valence-corrected chi connectivity index (χ1v) is 3.47. The minimum absolute atomic E-state index is 0.0648. The van der Waals surface area contributed by atoms with E-state index in [-0.39, 0.29) is 6.10 Å². The smallest absolute Gasteiger partial charge is 0.0573 e. The van der Waals surface area contributed by atoms with E-state index in [1.165, 1.54) is 6.42 Å². The maximum absolute atomic E-state index is 9.21. The maximum Gasteiger partial charge on any atom is 0.0573 e. The lowest BCUT2D eigenvalue weighted by Crippen LogP contribution is -2.27. The van der Waals surface area contributed by atoms with Crippen molar-refractivity contribution in [2.24, 2.45) is 17.8 Å². The van der Waals surface area contributed by atoms with Crippen molar-refractivity contribution in [2.45, 2.75) is 25.9 Å². The Kier molecular flexibility index (Phi) is 0.762. The van der Waals surface area contributed by atoms with Crippen LogP contribution in [0.2, 0.25) is 0 Å². The third-order valence-corrected chi connectivity index (χ3v) is 3.03. The molecule has 1 heteroatoms. The van der Waals surface area contributed by atoms with Crippen LogP contribution >= 0.6 is 0 Å². The maximum atomic E-state index is 9.21. The molecule has 0 aromatic heterocycles. The highest BCUT2D eigenvalue weighted by molar-refractivity contribution is 4.99. The van der Waals surface area contributed by atoms with E-state index in [4.69, 9.17) is 0 Å². The average molecular weight is 112 g/mol. The van der Waals surface area contributed by atoms with Crippen LogP contribution in [0, 0.1) is 17.8 Å². The summed E-state index contributed by atoms with van der Waals surface area (Å²) in [6.45, 7) is 2.26. The van der Waals surface area contributed by atoms with Crippen molar-refractivity contribution < 1.29 is 5.11 Å². The number of hydrogen-bond donors (Lipinski definition) is 1. The molecule has 3 aliphatic rings. The summed E-state index contributed by atoms with van der Waals surface area (Å²) < 4.78 is 0. The Morgan fingerprint density at radius 1 is 1.38 bits per heavy atom. The van der Waals surface area contributed by atoms with Gasteiger partial charge in [-0.1, -0.05) is 6.92 Å². The summed E-state index contributed by atoms with van der Waals surface area (Å²) in [5, 5.41) is 9.21. The summed E-state index contributed by atoms with van der Waals surface area (Å²) in [5.41, 5.74) is 0. The molecule has 3 fully saturated rings. The number of hydrogen-bond acceptors (Lipinski definition) is 1. The molecular formula is C7H12O. The molecule has 0 saturated heterocycles. The molecule has 3 saturated carbocycles. The van der Waals surface area contributed by atoms with Crippen LogP contribution in [0.3, 0.4) is 0 Å². The van der Waals surface area contributed by atoms with Crippen LogP contribution in [0.25, 0.3) is 0 Å². The van der Waals surface area contributed by atoms with Crippen molar-refractivity contribution in [3.8, 4) is 0 Å². The van der Waals surface area contributed by atoms with Crippen molar-refractivity contribution in [3.63, 3.8) is 0 Å². The Labute approximate surface area is 49.7 Å². The Hall–Kier alpha value is -0.0400. The summed E-state index contributed by atoms with van der Waals surface area (Å²) >= 11 is 0. The van der Waals surface area contributed by atoms with Crippen molar-refractivity contribution in [2.75, 3.05) is 0 Å². The SMILES string of the molecule is C[C@H]1[C@@H]2C[C@H]1[C@H](O)C2. The van der Waals surface area contributed by atoms with Gasteiger partial charge in [0.05, 0.1) is 6.10 Å². The first kappa shape index (κ1) is 4.80. The summed E-state index contributed by atoms with van der Waals surface area (Å²) in [5.74, 6) is 2.40. The molecule has 0 heterocycles. The topological polar surface area (TPSA) is 20.2 Å². The van der Waals surface area contributed by atoms with Gasteiger partial charge < -0.3 is 5.11 Å². The summed E-state index contributed by atoms with van der Waals surface area (Å²) in [6, 6.07) is 0. The van der Waals surface area contributed by atoms with Gasteiger partial charge in [-0.05, 0) is 30.6 Å². The first-order chi connectivity index (χ1) is 3.79. The van der Waals surface area contributed by atoms with E-state index >= 15 is 0 Å². The lowest BCUT2D eigenvalue weighted by Gasteiger charge is -2.32. The zero-order valence-corrected chi connectivity index (χ0v) is 5.17. The van der Waals surface area contributed by atoms with E-state index in [0.29, 0.717) is 5.92 Å². The molecule has 0 aromatic carbocycles. The molecule has 46 valence electrons. The van der Waals surface area contributed by atoms with Crippen LogP contribution in [0.1, 0.15) is 19.8 Å². The summed E-state index contributed by atoms with van der Waals surface area (Å²) in [7, 11) is 0. The van der Waals surface area contributed by atoms with E-state index in [1.54, 1.807) is 0 Å². The van der Waals surface area contributed by atoms with E-state index < -0.39 is 0 Å². The van der Waals surface area contributed by atoms with Crippen molar-refractivity contribution in [1.29, 1.82) is 0 Å². The van der Waals surface area contributed by atoms with Gasteiger partial charge in [0.15, 0.2) is 0 Å². The molecule has 0 unspecified atom stereocenters. The van der Waals surface area contributed by atoms with E-state index in [9.17, 15) is 5.11 Å².